The summed E-state index contributed by atoms with van der Waals surface area (Å²) in [4.78, 5) is 25.4. The number of hydrogen-bond acceptors (Lipinski definition) is 3. The van der Waals surface area contributed by atoms with Crippen molar-refractivity contribution in [3.8, 4) is 5.75 Å². The number of likely N-dealkylation sites (tertiary alicyclic amines) is 1. The minimum atomic E-state index is -0.739. The van der Waals surface area contributed by atoms with Crippen molar-refractivity contribution in [3.05, 3.63) is 29.8 Å². The lowest BCUT2D eigenvalue weighted by atomic mass is 9.89. The number of nitrogens with two attached hydrogens (primary N) is 1. The summed E-state index contributed by atoms with van der Waals surface area (Å²) in [6.45, 7) is 1.37. The highest BCUT2D eigenvalue weighted by molar-refractivity contribution is 5.93. The molecule has 2 aliphatic rings. The Hall–Kier alpha value is -2.24. The largest absolute Gasteiger partial charge is 0.508 e. The van der Waals surface area contributed by atoms with Gasteiger partial charge in [-0.25, -0.2) is 4.79 Å². The van der Waals surface area contributed by atoms with Gasteiger partial charge in [0.1, 0.15) is 11.3 Å². The molecule has 118 valence electrons. The zero-order chi connectivity index (χ0) is 15.7. The second-order valence-electron chi connectivity index (χ2n) is 6.23. The van der Waals surface area contributed by atoms with Crippen molar-refractivity contribution in [2.75, 3.05) is 13.1 Å². The zero-order valence-electron chi connectivity index (χ0n) is 12.4. The fourth-order valence-corrected chi connectivity index (χ4v) is 3.22. The SMILES string of the molecule is NC(=O)NC1(C(=O)N2CCC(c3ccc(O)cc3)CC2)CC1. The van der Waals surface area contributed by atoms with Crippen LogP contribution in [0.15, 0.2) is 24.3 Å². The molecule has 1 aromatic rings. The summed E-state index contributed by atoms with van der Waals surface area (Å²) in [6.07, 6.45) is 3.13. The number of benzene rings is 1. The molecule has 0 atom stereocenters. The van der Waals surface area contributed by atoms with Crippen molar-refractivity contribution < 1.29 is 14.7 Å². The summed E-state index contributed by atoms with van der Waals surface area (Å²) < 4.78 is 0. The highest BCUT2D eigenvalue weighted by Gasteiger charge is 2.53. The number of urea groups is 1. The van der Waals surface area contributed by atoms with Crippen LogP contribution in [0.4, 0.5) is 4.79 Å². The smallest absolute Gasteiger partial charge is 0.313 e. The molecule has 2 fully saturated rings. The molecule has 6 heteroatoms. The monoisotopic (exact) mass is 303 g/mol. The molecule has 3 amide bonds. The third-order valence-corrected chi connectivity index (χ3v) is 4.67. The van der Waals surface area contributed by atoms with Crippen LogP contribution in [0.25, 0.3) is 0 Å². The number of carbonyl (C=O) groups is 2. The second kappa shape index (κ2) is 5.51. The second-order valence-corrected chi connectivity index (χ2v) is 6.23. The Kier molecular flexibility index (Phi) is 3.68. The van der Waals surface area contributed by atoms with Gasteiger partial charge in [-0.15, -0.1) is 0 Å². The van der Waals surface area contributed by atoms with E-state index >= 15 is 0 Å². The molecule has 1 heterocycles. The number of aromatic hydroxyl groups is 1. The number of hydrogen-bond donors (Lipinski definition) is 3. The van der Waals surface area contributed by atoms with E-state index in [1.807, 2.05) is 17.0 Å². The third kappa shape index (κ3) is 2.86. The summed E-state index contributed by atoms with van der Waals surface area (Å²) >= 11 is 0. The van der Waals surface area contributed by atoms with Crippen molar-refractivity contribution in [1.29, 1.82) is 0 Å². The molecule has 0 spiro atoms. The molecular weight excluding hydrogens is 282 g/mol. The van der Waals surface area contributed by atoms with Gasteiger partial charge in [-0.2, -0.15) is 0 Å². The molecular formula is C16H21N3O3. The molecule has 0 unspecified atom stereocenters. The molecule has 1 aromatic carbocycles. The summed E-state index contributed by atoms with van der Waals surface area (Å²) in [7, 11) is 0. The van der Waals surface area contributed by atoms with Crippen LogP contribution in [0.2, 0.25) is 0 Å². The van der Waals surface area contributed by atoms with Crippen molar-refractivity contribution in [2.45, 2.75) is 37.1 Å². The molecule has 1 aliphatic carbocycles. The van der Waals surface area contributed by atoms with Crippen LogP contribution in [0.3, 0.4) is 0 Å². The Balaban J connectivity index is 1.59. The molecule has 4 N–H and O–H groups in total. The van der Waals surface area contributed by atoms with Crippen LogP contribution in [0, 0.1) is 0 Å². The van der Waals surface area contributed by atoms with Crippen LogP contribution < -0.4 is 11.1 Å². The Bertz CT molecular complexity index is 573. The zero-order valence-corrected chi connectivity index (χ0v) is 12.4. The first-order valence-electron chi connectivity index (χ1n) is 7.66. The van der Waals surface area contributed by atoms with E-state index in [-0.39, 0.29) is 11.7 Å². The predicted molar refractivity (Wildman–Crippen MR) is 81.3 cm³/mol. The maximum Gasteiger partial charge on any atom is 0.313 e. The Morgan fingerprint density at radius 3 is 2.27 bits per heavy atom. The highest BCUT2D eigenvalue weighted by Crippen LogP contribution is 2.39. The van der Waals surface area contributed by atoms with Crippen molar-refractivity contribution >= 4 is 11.9 Å². The van der Waals surface area contributed by atoms with Gasteiger partial charge in [-0.05, 0) is 49.3 Å². The number of primary amides is 1. The van der Waals surface area contributed by atoms with E-state index in [1.54, 1.807) is 12.1 Å². The fourth-order valence-electron chi connectivity index (χ4n) is 3.22. The molecule has 3 rings (SSSR count). The van der Waals surface area contributed by atoms with E-state index in [9.17, 15) is 14.7 Å². The number of amides is 3. The van der Waals surface area contributed by atoms with Gasteiger partial charge in [0.15, 0.2) is 0 Å². The highest BCUT2D eigenvalue weighted by atomic mass is 16.3. The first kappa shape index (κ1) is 14.7. The van der Waals surface area contributed by atoms with Gasteiger partial charge in [0.25, 0.3) is 0 Å². The average Bonchev–Trinajstić information content (AvgIpc) is 3.27. The number of nitrogens with one attached hydrogen (secondary N) is 1. The van der Waals surface area contributed by atoms with Crippen LogP contribution in [0.5, 0.6) is 5.75 Å². The lowest BCUT2D eigenvalue weighted by Crippen LogP contribution is -2.53. The van der Waals surface area contributed by atoms with Gasteiger partial charge in [-0.1, -0.05) is 12.1 Å². The topological polar surface area (TPSA) is 95.7 Å². The number of carbonyl (C=O) groups excluding carboxylic acids is 2. The van der Waals surface area contributed by atoms with Crippen molar-refractivity contribution in [1.82, 2.24) is 10.2 Å². The standard InChI is InChI=1S/C16H21N3O3/c17-15(22)18-16(7-8-16)14(21)19-9-5-12(6-10-19)11-1-3-13(20)4-2-11/h1-4,12,20H,5-10H2,(H3,17,18,22). The van der Waals surface area contributed by atoms with Gasteiger partial charge in [0.05, 0.1) is 0 Å². The number of rotatable bonds is 3. The normalized spacial score (nSPS) is 20.5. The van der Waals surface area contributed by atoms with E-state index in [0.29, 0.717) is 31.8 Å². The van der Waals surface area contributed by atoms with Gasteiger partial charge in [0, 0.05) is 13.1 Å². The summed E-state index contributed by atoms with van der Waals surface area (Å²) in [5.41, 5.74) is 5.61. The minimum absolute atomic E-state index is 0.00421. The summed E-state index contributed by atoms with van der Waals surface area (Å²) in [5.74, 6) is 0.670. The van der Waals surface area contributed by atoms with Crippen molar-refractivity contribution in [3.63, 3.8) is 0 Å². The molecule has 22 heavy (non-hydrogen) atoms. The van der Waals surface area contributed by atoms with E-state index in [4.69, 9.17) is 5.73 Å². The molecule has 6 nitrogen and oxygen atoms in total. The number of phenols is 1. The van der Waals surface area contributed by atoms with Crippen LogP contribution in [-0.4, -0.2) is 40.6 Å². The number of phenolic OH excluding ortho intramolecular Hbond substituents is 1. The van der Waals surface area contributed by atoms with Gasteiger partial charge in [0.2, 0.25) is 5.91 Å². The third-order valence-electron chi connectivity index (χ3n) is 4.67. The van der Waals surface area contributed by atoms with E-state index in [0.717, 1.165) is 12.8 Å². The lowest BCUT2D eigenvalue weighted by Gasteiger charge is -2.34. The molecule has 0 aromatic heterocycles. The fraction of sp³-hybridized carbons (Fsp3) is 0.500. The maximum atomic E-state index is 12.5. The average molecular weight is 303 g/mol. The van der Waals surface area contributed by atoms with Gasteiger partial charge in [-0.3, -0.25) is 4.79 Å². The summed E-state index contributed by atoms with van der Waals surface area (Å²) in [5, 5.41) is 11.9. The Morgan fingerprint density at radius 2 is 1.77 bits per heavy atom. The Labute approximate surface area is 129 Å². The first-order valence-corrected chi connectivity index (χ1v) is 7.66. The summed E-state index contributed by atoms with van der Waals surface area (Å²) in [6, 6.07) is 6.64. The molecule has 1 saturated heterocycles. The van der Waals surface area contributed by atoms with Crippen LogP contribution >= 0.6 is 0 Å². The van der Waals surface area contributed by atoms with E-state index in [2.05, 4.69) is 5.32 Å². The first-order chi connectivity index (χ1) is 10.5. The van der Waals surface area contributed by atoms with Crippen molar-refractivity contribution in [2.24, 2.45) is 5.73 Å². The lowest BCUT2D eigenvalue weighted by molar-refractivity contribution is -0.135. The molecule has 1 saturated carbocycles. The number of piperidine rings is 1. The molecule has 0 radical (unpaired) electrons. The molecule has 1 aliphatic heterocycles. The number of nitrogens with zero attached hydrogens (tertiary/aromatic N) is 1. The minimum Gasteiger partial charge on any atom is -0.508 e. The van der Waals surface area contributed by atoms with E-state index in [1.165, 1.54) is 5.56 Å². The van der Waals surface area contributed by atoms with Gasteiger partial charge >= 0.3 is 6.03 Å². The van der Waals surface area contributed by atoms with Crippen LogP contribution in [-0.2, 0) is 4.79 Å². The molecule has 0 bridgehead atoms. The maximum absolute atomic E-state index is 12.5. The van der Waals surface area contributed by atoms with Crippen LogP contribution in [0.1, 0.15) is 37.2 Å². The Morgan fingerprint density at radius 1 is 1.18 bits per heavy atom. The van der Waals surface area contributed by atoms with Gasteiger partial charge < -0.3 is 21.1 Å². The quantitative estimate of drug-likeness (QED) is 0.785. The predicted octanol–water partition coefficient (Wildman–Crippen LogP) is 1.30. The van der Waals surface area contributed by atoms with E-state index < -0.39 is 11.6 Å².